The van der Waals surface area contributed by atoms with Crippen molar-refractivity contribution in [2.24, 2.45) is 0 Å². The van der Waals surface area contributed by atoms with E-state index in [1.165, 1.54) is 42.8 Å². The molecule has 1 fully saturated rings. The molecule has 0 bridgehead atoms. The van der Waals surface area contributed by atoms with Crippen LogP contribution in [0.15, 0.2) is 41.3 Å². The van der Waals surface area contributed by atoms with E-state index in [0.29, 0.717) is 35.1 Å². The summed E-state index contributed by atoms with van der Waals surface area (Å²) >= 11 is 12.0. The molecule has 1 aliphatic rings. The summed E-state index contributed by atoms with van der Waals surface area (Å²) in [4.78, 5) is 12.8. The van der Waals surface area contributed by atoms with Gasteiger partial charge in [0.25, 0.3) is 0 Å². The maximum absolute atomic E-state index is 13.2. The Hall–Kier alpha value is -2.00. The summed E-state index contributed by atoms with van der Waals surface area (Å²) < 4.78 is 37.9. The molecule has 2 aromatic rings. The number of carbonyl (C=O) groups is 1. The molecule has 0 aromatic heterocycles. The van der Waals surface area contributed by atoms with Crippen LogP contribution in [0.3, 0.4) is 0 Å². The monoisotopic (exact) mass is 458 g/mol. The lowest BCUT2D eigenvalue weighted by Crippen LogP contribution is -2.43. The minimum atomic E-state index is -3.92. The largest absolute Gasteiger partial charge is 0.493 e. The molecule has 10 heteroatoms. The van der Waals surface area contributed by atoms with Gasteiger partial charge in [-0.1, -0.05) is 23.2 Å². The number of anilines is 1. The summed E-state index contributed by atoms with van der Waals surface area (Å²) in [7, 11) is -1.02. The van der Waals surface area contributed by atoms with E-state index in [4.69, 9.17) is 32.7 Å². The first kappa shape index (κ1) is 21.7. The van der Waals surface area contributed by atoms with Gasteiger partial charge in [0.15, 0.2) is 11.5 Å². The number of nitrogens with one attached hydrogen (secondary N) is 1. The molecule has 1 atom stereocenters. The van der Waals surface area contributed by atoms with Gasteiger partial charge >= 0.3 is 0 Å². The summed E-state index contributed by atoms with van der Waals surface area (Å²) in [5.41, 5.74) is 0.372. The molecule has 0 aliphatic carbocycles. The van der Waals surface area contributed by atoms with Gasteiger partial charge in [0.2, 0.25) is 15.9 Å². The van der Waals surface area contributed by atoms with Gasteiger partial charge in [-0.2, -0.15) is 4.31 Å². The zero-order chi connectivity index (χ0) is 21.2. The quantitative estimate of drug-likeness (QED) is 0.711. The number of carbonyl (C=O) groups excluding carboxylic acids is 1. The summed E-state index contributed by atoms with van der Waals surface area (Å²) in [5, 5.41) is 3.41. The smallest absolute Gasteiger partial charge is 0.243 e. The van der Waals surface area contributed by atoms with Crippen LogP contribution in [0.2, 0.25) is 10.0 Å². The molecule has 1 amide bonds. The Bertz CT molecular complexity index is 1030. The minimum absolute atomic E-state index is 0.0272. The van der Waals surface area contributed by atoms with Crippen molar-refractivity contribution in [3.8, 4) is 11.5 Å². The van der Waals surface area contributed by atoms with E-state index in [1.807, 2.05) is 0 Å². The molecule has 0 radical (unpaired) electrons. The molecule has 1 N–H and O–H groups in total. The Balaban J connectivity index is 1.86. The molecule has 1 unspecified atom stereocenters. The Morgan fingerprint density at radius 1 is 1.10 bits per heavy atom. The molecule has 7 nitrogen and oxygen atoms in total. The Kier molecular flexibility index (Phi) is 6.58. The van der Waals surface area contributed by atoms with E-state index in [-0.39, 0.29) is 16.5 Å². The molecule has 1 heterocycles. The van der Waals surface area contributed by atoms with Crippen molar-refractivity contribution in [2.75, 3.05) is 26.1 Å². The van der Waals surface area contributed by atoms with Crippen molar-refractivity contribution >= 4 is 44.8 Å². The lowest BCUT2D eigenvalue weighted by molar-refractivity contribution is -0.119. The second-order valence-corrected chi connectivity index (χ2v) is 9.14. The van der Waals surface area contributed by atoms with Crippen LogP contribution in [0.1, 0.15) is 12.8 Å². The van der Waals surface area contributed by atoms with E-state index >= 15 is 0 Å². The van der Waals surface area contributed by atoms with Crippen molar-refractivity contribution in [1.82, 2.24) is 4.31 Å². The summed E-state index contributed by atoms with van der Waals surface area (Å²) in [6, 6.07) is 8.16. The van der Waals surface area contributed by atoms with E-state index in [2.05, 4.69) is 5.32 Å². The second-order valence-electron chi connectivity index (χ2n) is 6.40. The van der Waals surface area contributed by atoms with E-state index < -0.39 is 22.0 Å². The summed E-state index contributed by atoms with van der Waals surface area (Å²) in [6.45, 7) is 0.239. The fourth-order valence-corrected chi connectivity index (χ4v) is 5.34. The third kappa shape index (κ3) is 4.45. The highest BCUT2D eigenvalue weighted by Gasteiger charge is 2.39. The molecule has 0 spiro atoms. The Morgan fingerprint density at radius 3 is 2.48 bits per heavy atom. The third-order valence-electron chi connectivity index (χ3n) is 4.66. The fourth-order valence-electron chi connectivity index (χ4n) is 3.21. The first-order chi connectivity index (χ1) is 13.8. The number of sulfonamides is 1. The van der Waals surface area contributed by atoms with Gasteiger partial charge in [0.1, 0.15) is 6.04 Å². The highest BCUT2D eigenvalue weighted by atomic mass is 35.5. The van der Waals surface area contributed by atoms with Crippen LogP contribution in [0.5, 0.6) is 11.5 Å². The molecule has 156 valence electrons. The van der Waals surface area contributed by atoms with Crippen molar-refractivity contribution in [3.05, 3.63) is 46.4 Å². The number of ether oxygens (including phenoxy) is 2. The zero-order valence-corrected chi connectivity index (χ0v) is 18.1. The van der Waals surface area contributed by atoms with Gasteiger partial charge in [-0.25, -0.2) is 8.42 Å². The van der Waals surface area contributed by atoms with E-state index in [0.717, 1.165) is 0 Å². The number of nitrogens with zero attached hydrogens (tertiary/aromatic N) is 1. The van der Waals surface area contributed by atoms with Crippen LogP contribution in [-0.4, -0.2) is 45.4 Å². The maximum atomic E-state index is 13.2. The summed E-state index contributed by atoms with van der Waals surface area (Å²) in [5.74, 6) is 0.261. The SMILES string of the molecule is COc1ccc(S(=O)(=O)N2CCCC2C(=O)Nc2ccc(Cl)cc2Cl)cc1OC. The van der Waals surface area contributed by atoms with Crippen LogP contribution in [0.4, 0.5) is 5.69 Å². The average molecular weight is 459 g/mol. The number of amides is 1. The third-order valence-corrected chi connectivity index (χ3v) is 7.11. The van der Waals surface area contributed by atoms with Crippen molar-refractivity contribution in [2.45, 2.75) is 23.8 Å². The first-order valence-corrected chi connectivity index (χ1v) is 11.0. The minimum Gasteiger partial charge on any atom is -0.493 e. The standard InChI is InChI=1S/C19H20Cl2N2O5S/c1-27-17-8-6-13(11-18(17)28-2)29(25,26)23-9-3-4-16(23)19(24)22-15-7-5-12(20)10-14(15)21/h5-8,10-11,16H,3-4,9H2,1-2H3,(H,22,24). The van der Waals surface area contributed by atoms with Crippen molar-refractivity contribution < 1.29 is 22.7 Å². The molecule has 1 aliphatic heterocycles. The lowest BCUT2D eigenvalue weighted by atomic mass is 10.2. The van der Waals surface area contributed by atoms with Crippen LogP contribution >= 0.6 is 23.2 Å². The molecular weight excluding hydrogens is 439 g/mol. The van der Waals surface area contributed by atoms with Gasteiger partial charge in [0, 0.05) is 17.6 Å². The molecule has 0 saturated carbocycles. The van der Waals surface area contributed by atoms with Gasteiger partial charge in [-0.15, -0.1) is 0 Å². The molecule has 3 rings (SSSR count). The van der Waals surface area contributed by atoms with Crippen molar-refractivity contribution in [1.29, 1.82) is 0 Å². The second kappa shape index (κ2) is 8.79. The number of hydrogen-bond acceptors (Lipinski definition) is 5. The number of benzene rings is 2. The Morgan fingerprint density at radius 2 is 1.83 bits per heavy atom. The van der Waals surface area contributed by atoms with E-state index in [9.17, 15) is 13.2 Å². The van der Waals surface area contributed by atoms with Crippen LogP contribution in [-0.2, 0) is 14.8 Å². The number of methoxy groups -OCH3 is 2. The highest BCUT2D eigenvalue weighted by molar-refractivity contribution is 7.89. The number of hydrogen-bond donors (Lipinski definition) is 1. The van der Waals surface area contributed by atoms with Gasteiger partial charge in [-0.3, -0.25) is 4.79 Å². The maximum Gasteiger partial charge on any atom is 0.243 e. The van der Waals surface area contributed by atoms with Crippen LogP contribution in [0, 0.1) is 0 Å². The lowest BCUT2D eigenvalue weighted by Gasteiger charge is -2.24. The van der Waals surface area contributed by atoms with Crippen molar-refractivity contribution in [3.63, 3.8) is 0 Å². The average Bonchev–Trinajstić information content (AvgIpc) is 3.20. The predicted octanol–water partition coefficient (Wildman–Crippen LogP) is 3.80. The van der Waals surface area contributed by atoms with Gasteiger partial charge in [-0.05, 0) is 43.2 Å². The topological polar surface area (TPSA) is 84.9 Å². The predicted molar refractivity (Wildman–Crippen MR) is 112 cm³/mol. The Labute approximate surface area is 179 Å². The van der Waals surface area contributed by atoms with Gasteiger partial charge < -0.3 is 14.8 Å². The highest BCUT2D eigenvalue weighted by Crippen LogP contribution is 2.33. The molecule has 29 heavy (non-hydrogen) atoms. The van der Waals surface area contributed by atoms with Crippen LogP contribution < -0.4 is 14.8 Å². The normalized spacial score (nSPS) is 17.2. The van der Waals surface area contributed by atoms with Gasteiger partial charge in [0.05, 0.1) is 29.8 Å². The van der Waals surface area contributed by atoms with E-state index in [1.54, 1.807) is 12.1 Å². The first-order valence-electron chi connectivity index (χ1n) is 8.77. The molecule has 1 saturated heterocycles. The van der Waals surface area contributed by atoms with Crippen LogP contribution in [0.25, 0.3) is 0 Å². The number of rotatable bonds is 6. The number of halogens is 2. The zero-order valence-electron chi connectivity index (χ0n) is 15.8. The molecule has 2 aromatic carbocycles. The fraction of sp³-hybridized carbons (Fsp3) is 0.316. The molecular formula is C19H20Cl2N2O5S. The summed E-state index contributed by atoms with van der Waals surface area (Å²) in [6.07, 6.45) is 0.975.